The van der Waals surface area contributed by atoms with Gasteiger partial charge in [0.1, 0.15) is 12.2 Å². The number of carbonyl (C=O) groups excluding carboxylic acids is 1. The highest BCUT2D eigenvalue weighted by molar-refractivity contribution is 7.69. The second-order valence-corrected chi connectivity index (χ2v) is 9.14. The van der Waals surface area contributed by atoms with E-state index >= 15 is 0 Å². The maximum absolute atomic E-state index is 12.7. The minimum atomic E-state index is -3.71. The number of benzene rings is 1. The van der Waals surface area contributed by atoms with Crippen LogP contribution in [0.3, 0.4) is 0 Å². The van der Waals surface area contributed by atoms with Gasteiger partial charge in [-0.05, 0) is 33.8 Å². The smallest absolute Gasteiger partial charge is 0.449 e. The lowest BCUT2D eigenvalue weighted by Crippen LogP contribution is -2.34. The summed E-state index contributed by atoms with van der Waals surface area (Å²) in [5.74, 6) is -0.723. The number of nitrogens with zero attached hydrogens (tertiary/aromatic N) is 2. The van der Waals surface area contributed by atoms with E-state index in [4.69, 9.17) is 13.8 Å². The summed E-state index contributed by atoms with van der Waals surface area (Å²) in [6.45, 7) is 6.88. The number of hydrogen-bond donors (Lipinski definition) is 1. The van der Waals surface area contributed by atoms with E-state index in [0.29, 0.717) is 17.8 Å². The first-order valence-electron chi connectivity index (χ1n) is 9.41. The number of esters is 1. The molecule has 0 bridgehead atoms. The molecule has 10 heteroatoms. The predicted molar refractivity (Wildman–Crippen MR) is 112 cm³/mol. The first-order chi connectivity index (χ1) is 14.1. The van der Waals surface area contributed by atoms with Gasteiger partial charge >= 0.3 is 13.9 Å². The molecule has 3 rings (SSSR count). The van der Waals surface area contributed by atoms with Crippen LogP contribution in [-0.2, 0) is 13.8 Å². The van der Waals surface area contributed by atoms with E-state index in [1.54, 1.807) is 19.9 Å². The van der Waals surface area contributed by atoms with E-state index in [-0.39, 0.29) is 39.9 Å². The summed E-state index contributed by atoms with van der Waals surface area (Å²) in [7, 11) is -2.49. The number of methoxy groups -OCH3 is 1. The quantitative estimate of drug-likeness (QED) is 0.334. The number of pyridine rings is 1. The number of para-hydroxylation sites is 1. The fourth-order valence-corrected chi connectivity index (χ4v) is 6.20. The van der Waals surface area contributed by atoms with Crippen molar-refractivity contribution in [2.24, 2.45) is 0 Å². The Kier molecular flexibility index (Phi) is 6.19. The number of nitro benzene ring substituents is 1. The molecule has 1 aromatic heterocycles. The maximum Gasteiger partial charge on any atom is 0.449 e. The zero-order chi connectivity index (χ0) is 22.2. The minimum absolute atomic E-state index is 0.0268. The summed E-state index contributed by atoms with van der Waals surface area (Å²) in [5, 5.41) is 11.9. The van der Waals surface area contributed by atoms with Gasteiger partial charge in [-0.2, -0.15) is 13.9 Å². The van der Waals surface area contributed by atoms with Crippen molar-refractivity contribution in [3.63, 3.8) is 0 Å². The fourth-order valence-electron chi connectivity index (χ4n) is 3.82. The summed E-state index contributed by atoms with van der Waals surface area (Å²) >= 11 is 0. The summed E-state index contributed by atoms with van der Waals surface area (Å²) < 4.78 is 16.7. The average Bonchev–Trinajstić information content (AvgIpc) is 2.65. The van der Waals surface area contributed by atoms with Crippen LogP contribution in [0, 0.1) is 24.0 Å². The van der Waals surface area contributed by atoms with Crippen molar-refractivity contribution in [2.75, 3.05) is 7.11 Å². The van der Waals surface area contributed by atoms with Gasteiger partial charge in [-0.15, -0.1) is 0 Å². The highest BCUT2D eigenvalue weighted by Crippen LogP contribution is 2.63. The summed E-state index contributed by atoms with van der Waals surface area (Å²) in [4.78, 5) is 39.8. The van der Waals surface area contributed by atoms with Crippen molar-refractivity contribution in [1.29, 1.82) is 0 Å². The molecule has 9 nitrogen and oxygen atoms in total. The molecule has 2 heterocycles. The van der Waals surface area contributed by atoms with Gasteiger partial charge in [0.15, 0.2) is 0 Å². The van der Waals surface area contributed by atoms with Gasteiger partial charge < -0.3 is 4.74 Å². The molecule has 1 aliphatic heterocycles. The van der Waals surface area contributed by atoms with Gasteiger partial charge in [0.25, 0.3) is 5.69 Å². The molecule has 2 atom stereocenters. The van der Waals surface area contributed by atoms with Gasteiger partial charge in [-0.25, -0.2) is 4.79 Å². The van der Waals surface area contributed by atoms with Crippen LogP contribution in [0.15, 0.2) is 24.3 Å². The number of ether oxygens (including phenoxy) is 1. The summed E-state index contributed by atoms with van der Waals surface area (Å²) in [6.07, 6.45) is -0.0494. The Morgan fingerprint density at radius 2 is 1.83 bits per heavy atom. The molecule has 2 unspecified atom stereocenters. The van der Waals surface area contributed by atoms with Crippen LogP contribution in [-0.4, -0.2) is 40.1 Å². The second kappa shape index (κ2) is 8.35. The van der Waals surface area contributed by atoms with Gasteiger partial charge in [0.2, 0.25) is 5.30 Å². The number of carbonyl (C=O) groups is 1. The molecule has 1 aromatic carbocycles. The summed E-state index contributed by atoms with van der Waals surface area (Å²) in [5.41, 5.74) is 0.790. The number of hydrogen-bond acceptors (Lipinski definition) is 8. The van der Waals surface area contributed by atoms with Crippen LogP contribution >= 0.6 is 7.94 Å². The molecule has 0 aliphatic carbocycles. The normalized spacial score (nSPS) is 23.8. The Bertz CT molecular complexity index is 1000. The molecule has 1 fully saturated rings. The van der Waals surface area contributed by atoms with Gasteiger partial charge in [-0.1, -0.05) is 12.1 Å². The lowest BCUT2D eigenvalue weighted by molar-refractivity contribution is -0.384. The van der Waals surface area contributed by atoms with Crippen molar-refractivity contribution in [2.45, 2.75) is 46.3 Å². The minimum Gasteiger partial charge on any atom is -0.465 e. The van der Waals surface area contributed by atoms with Crippen LogP contribution < -0.4 is 5.30 Å². The van der Waals surface area contributed by atoms with Gasteiger partial charge in [0, 0.05) is 12.5 Å². The molecule has 0 saturated carbocycles. The van der Waals surface area contributed by atoms with E-state index in [9.17, 15) is 19.8 Å². The second-order valence-electron chi connectivity index (χ2n) is 7.24. The highest BCUT2D eigenvalue weighted by atomic mass is 31.2. The van der Waals surface area contributed by atoms with E-state index in [1.807, 2.05) is 13.8 Å². The zero-order valence-corrected chi connectivity index (χ0v) is 18.3. The van der Waals surface area contributed by atoms with Crippen molar-refractivity contribution < 1.29 is 28.4 Å². The van der Waals surface area contributed by atoms with Crippen LogP contribution in [0.2, 0.25) is 0 Å². The molecule has 0 spiro atoms. The van der Waals surface area contributed by atoms with E-state index in [0.717, 1.165) is 0 Å². The Hall–Kier alpha value is -2.45. The third-order valence-electron chi connectivity index (χ3n) is 4.88. The average molecular weight is 435 g/mol. The van der Waals surface area contributed by atoms with Crippen LogP contribution in [0.25, 0.3) is 11.1 Å². The predicted octanol–water partition coefficient (Wildman–Crippen LogP) is 3.65. The molecule has 1 aliphatic rings. The number of rotatable bonds is 4. The molecular weight excluding hydrogens is 411 g/mol. The number of aryl methyl sites for hydroxylation is 2. The van der Waals surface area contributed by atoms with Crippen molar-refractivity contribution in [1.82, 2.24) is 4.98 Å². The molecule has 30 heavy (non-hydrogen) atoms. The summed E-state index contributed by atoms with van der Waals surface area (Å²) in [6, 6.07) is 6.00. The Labute approximate surface area is 174 Å². The number of aromatic nitrogens is 1. The Balaban J connectivity index is 2.45. The zero-order valence-electron chi connectivity index (χ0n) is 17.4. The highest BCUT2D eigenvalue weighted by Gasteiger charge is 2.55. The van der Waals surface area contributed by atoms with Crippen LogP contribution in [0.5, 0.6) is 0 Å². The lowest BCUT2D eigenvalue weighted by Gasteiger charge is -2.31. The van der Waals surface area contributed by atoms with Gasteiger partial charge in [-0.3, -0.25) is 15.1 Å². The number of nitro groups is 1. The van der Waals surface area contributed by atoms with Crippen molar-refractivity contribution in [3.8, 4) is 11.1 Å². The lowest BCUT2D eigenvalue weighted by atomic mass is 9.96. The van der Waals surface area contributed by atoms with E-state index in [2.05, 4.69) is 4.98 Å². The molecular formula is C20H24N2O7P+. The van der Waals surface area contributed by atoms with Crippen molar-refractivity contribution >= 4 is 24.9 Å². The molecule has 0 radical (unpaired) electrons. The van der Waals surface area contributed by atoms with Crippen molar-refractivity contribution in [3.05, 3.63) is 51.3 Å². The monoisotopic (exact) mass is 435 g/mol. The topological polar surface area (TPSA) is 121 Å². The molecule has 160 valence electrons. The molecule has 1 N–H and O–H groups in total. The Morgan fingerprint density at radius 1 is 1.23 bits per heavy atom. The van der Waals surface area contributed by atoms with Gasteiger partial charge in [0.05, 0.1) is 40.1 Å². The standard InChI is InChI=1S/C20H24N2O7P/c1-11-10-12(2)29-30(26,28-11)19-14(4)21-13(3)17(20(23)27-5)18(19)15-8-6-7-9-16(15)22(24)25/h6-9,11-12,26H,10H2,1-5H3/q+1. The first-order valence-corrected chi connectivity index (χ1v) is 11.0. The SMILES string of the molecule is COC(=O)c1c(C)nc(C)c([P+]2(O)OC(C)CC(C)O2)c1-c1ccccc1[N+](=O)[O-]. The van der Waals surface area contributed by atoms with Crippen LogP contribution in [0.4, 0.5) is 5.69 Å². The largest absolute Gasteiger partial charge is 0.465 e. The maximum atomic E-state index is 12.7. The fraction of sp³-hybridized carbons (Fsp3) is 0.400. The van der Waals surface area contributed by atoms with Crippen LogP contribution in [0.1, 0.15) is 42.0 Å². The molecule has 1 saturated heterocycles. The third-order valence-corrected chi connectivity index (χ3v) is 7.28. The third kappa shape index (κ3) is 3.94. The van der Waals surface area contributed by atoms with E-state index in [1.165, 1.54) is 25.3 Å². The molecule has 2 aromatic rings. The van der Waals surface area contributed by atoms with E-state index < -0.39 is 18.8 Å². The first kappa shape index (κ1) is 22.2. The Morgan fingerprint density at radius 3 is 2.40 bits per heavy atom. The molecule has 0 amide bonds.